The first-order chi connectivity index (χ1) is 16.6. The predicted octanol–water partition coefficient (Wildman–Crippen LogP) is 6.12. The number of halogens is 1. The second kappa shape index (κ2) is 8.29. The van der Waals surface area contributed by atoms with Crippen molar-refractivity contribution >= 4 is 11.6 Å². The molecule has 0 N–H and O–H groups in total. The Hall–Kier alpha value is -3.65. The molecule has 0 saturated carbocycles. The Morgan fingerprint density at radius 2 is 1.62 bits per heavy atom. The van der Waals surface area contributed by atoms with E-state index in [4.69, 9.17) is 4.74 Å². The fourth-order valence-corrected chi connectivity index (χ4v) is 5.72. The second-order valence-corrected chi connectivity index (χ2v) is 9.47. The molecule has 0 heterocycles. The van der Waals surface area contributed by atoms with E-state index < -0.39 is 0 Å². The molecule has 4 aromatic rings. The minimum absolute atomic E-state index is 0.270. The lowest BCUT2D eigenvalue weighted by Crippen LogP contribution is -2.29. The first kappa shape index (κ1) is 20.9. The molecule has 0 aliphatic heterocycles. The molecule has 0 fully saturated rings. The van der Waals surface area contributed by atoms with Gasteiger partial charge in [-0.15, -0.1) is 0 Å². The van der Waals surface area contributed by atoms with Gasteiger partial charge in [0, 0.05) is 11.6 Å². The van der Waals surface area contributed by atoms with Crippen LogP contribution in [0.25, 0.3) is 11.6 Å². The zero-order valence-electron chi connectivity index (χ0n) is 19.5. The molecule has 34 heavy (non-hydrogen) atoms. The summed E-state index contributed by atoms with van der Waals surface area (Å²) in [5.74, 6) is 0.749. The van der Waals surface area contributed by atoms with Crippen molar-refractivity contribution in [2.24, 2.45) is 5.92 Å². The van der Waals surface area contributed by atoms with Crippen molar-refractivity contribution in [3.05, 3.63) is 134 Å². The van der Waals surface area contributed by atoms with Crippen LogP contribution in [0.3, 0.4) is 0 Å². The van der Waals surface area contributed by atoms with Crippen molar-refractivity contribution in [3.63, 3.8) is 0 Å². The Balaban J connectivity index is 1.68. The number of fused-ring (bicyclic) bond motifs is 4. The molecule has 0 spiro atoms. The lowest BCUT2D eigenvalue weighted by atomic mass is 9.77. The molecule has 0 bridgehead atoms. The monoisotopic (exact) mass is 446 g/mol. The minimum atomic E-state index is -0.284. The van der Waals surface area contributed by atoms with Gasteiger partial charge in [-0.25, -0.2) is 4.39 Å². The lowest BCUT2D eigenvalue weighted by Gasteiger charge is -2.29. The third-order valence-electron chi connectivity index (χ3n) is 7.33. The van der Waals surface area contributed by atoms with Crippen LogP contribution in [0.5, 0.6) is 5.75 Å². The second-order valence-electron chi connectivity index (χ2n) is 9.47. The Morgan fingerprint density at radius 3 is 2.47 bits per heavy atom. The third kappa shape index (κ3) is 3.45. The molecule has 0 amide bonds. The van der Waals surface area contributed by atoms with E-state index in [0.717, 1.165) is 18.1 Å². The maximum atomic E-state index is 14.0. The summed E-state index contributed by atoms with van der Waals surface area (Å²) >= 11 is 0. The van der Waals surface area contributed by atoms with Gasteiger partial charge in [-0.1, -0.05) is 73.7 Å². The molecule has 2 heteroatoms. The minimum Gasteiger partial charge on any atom is -0.481 e. The number of hydrogen-bond donors (Lipinski definition) is 0. The standard InChI is InChI=1S/C32H27FO/c1-20-8-3-5-12-25(20)31-21(2)14-15-29-28(31)17-16-27-26-13-6-4-9-22(26)18-30(32(27)29)34-24-11-7-10-23(33)19-24/h3-13,16-19,21,30H,14-15H2,1-2H3. The molecular formula is C32H27FO. The number of hydrogen-bond acceptors (Lipinski definition) is 1. The van der Waals surface area contributed by atoms with Crippen LogP contribution >= 0.6 is 0 Å². The highest BCUT2D eigenvalue weighted by atomic mass is 19.1. The van der Waals surface area contributed by atoms with E-state index in [9.17, 15) is 4.39 Å². The summed E-state index contributed by atoms with van der Waals surface area (Å²) < 4.78 is 20.4. The molecule has 2 aliphatic carbocycles. The Morgan fingerprint density at radius 1 is 0.824 bits per heavy atom. The van der Waals surface area contributed by atoms with Crippen molar-refractivity contribution in [1.29, 1.82) is 0 Å². The lowest BCUT2D eigenvalue weighted by molar-refractivity contribution is 0.265. The molecule has 168 valence electrons. The predicted molar refractivity (Wildman–Crippen MR) is 135 cm³/mol. The average Bonchev–Trinajstić information content (AvgIpc) is 2.84. The summed E-state index contributed by atoms with van der Waals surface area (Å²) in [6.07, 6.45) is 4.03. The first-order valence-electron chi connectivity index (χ1n) is 12.1. The highest BCUT2D eigenvalue weighted by Gasteiger charge is 2.26. The van der Waals surface area contributed by atoms with Crippen molar-refractivity contribution in [2.75, 3.05) is 0 Å². The van der Waals surface area contributed by atoms with Gasteiger partial charge in [-0.3, -0.25) is 0 Å². The van der Waals surface area contributed by atoms with Gasteiger partial charge in [0.2, 0.25) is 0 Å². The molecule has 2 atom stereocenters. The van der Waals surface area contributed by atoms with Crippen LogP contribution in [-0.2, 0) is 6.42 Å². The van der Waals surface area contributed by atoms with E-state index in [0.29, 0.717) is 11.7 Å². The summed E-state index contributed by atoms with van der Waals surface area (Å²) in [5, 5.41) is 4.93. The smallest absolute Gasteiger partial charge is 0.144 e. The molecule has 2 unspecified atom stereocenters. The van der Waals surface area contributed by atoms with E-state index in [-0.39, 0.29) is 11.9 Å². The molecule has 0 aromatic heterocycles. The fourth-order valence-electron chi connectivity index (χ4n) is 5.72. The topological polar surface area (TPSA) is 9.23 Å². The zero-order valence-corrected chi connectivity index (χ0v) is 19.5. The van der Waals surface area contributed by atoms with Crippen LogP contribution in [0.2, 0.25) is 0 Å². The Labute approximate surface area is 199 Å². The van der Waals surface area contributed by atoms with Gasteiger partial charge in [0.25, 0.3) is 0 Å². The number of benzene rings is 4. The van der Waals surface area contributed by atoms with Gasteiger partial charge in [0.05, 0.1) is 0 Å². The number of ether oxygens (including phenoxy) is 1. The summed E-state index contributed by atoms with van der Waals surface area (Å²) in [5.41, 5.74) is 6.64. The van der Waals surface area contributed by atoms with E-state index in [1.54, 1.807) is 6.07 Å². The highest BCUT2D eigenvalue weighted by molar-refractivity contribution is 5.72. The maximum Gasteiger partial charge on any atom is 0.144 e. The van der Waals surface area contributed by atoms with Crippen LogP contribution in [-0.4, -0.2) is 0 Å². The van der Waals surface area contributed by atoms with Crippen molar-refractivity contribution in [2.45, 2.75) is 32.8 Å². The quantitative estimate of drug-likeness (QED) is 0.369. The largest absolute Gasteiger partial charge is 0.481 e. The van der Waals surface area contributed by atoms with Gasteiger partial charge in [0.1, 0.15) is 17.7 Å². The summed E-state index contributed by atoms with van der Waals surface area (Å²) in [4.78, 5) is 0. The van der Waals surface area contributed by atoms with Crippen LogP contribution < -0.4 is 15.2 Å². The van der Waals surface area contributed by atoms with Gasteiger partial charge >= 0.3 is 0 Å². The van der Waals surface area contributed by atoms with Crippen LogP contribution in [0, 0.1) is 29.1 Å². The number of aryl methyl sites for hydroxylation is 1. The normalized spacial score (nSPS) is 18.4. The fraction of sp³-hybridized carbons (Fsp3) is 0.188. The molecule has 0 radical (unpaired) electrons. The first-order valence-corrected chi connectivity index (χ1v) is 12.1. The highest BCUT2D eigenvalue weighted by Crippen LogP contribution is 2.35. The van der Waals surface area contributed by atoms with E-state index in [1.807, 2.05) is 6.07 Å². The van der Waals surface area contributed by atoms with Crippen molar-refractivity contribution in [1.82, 2.24) is 0 Å². The molecule has 4 aromatic carbocycles. The SMILES string of the molecule is Cc1ccccc1C1=c2ccc3c(c2CCC1C)C(Oc1cccc(F)c1)C=c1ccccc1=3. The van der Waals surface area contributed by atoms with Crippen molar-refractivity contribution < 1.29 is 9.13 Å². The summed E-state index contributed by atoms with van der Waals surface area (Å²) in [6, 6.07) is 28.2. The van der Waals surface area contributed by atoms with Gasteiger partial charge < -0.3 is 4.74 Å². The van der Waals surface area contributed by atoms with Gasteiger partial charge in [0.15, 0.2) is 0 Å². The maximum absolute atomic E-state index is 14.0. The van der Waals surface area contributed by atoms with E-state index in [1.165, 1.54) is 55.6 Å². The van der Waals surface area contributed by atoms with Gasteiger partial charge in [-0.2, -0.15) is 0 Å². The van der Waals surface area contributed by atoms with Crippen LogP contribution in [0.1, 0.15) is 41.7 Å². The molecule has 1 nitrogen and oxygen atoms in total. The summed E-state index contributed by atoms with van der Waals surface area (Å²) in [6.45, 7) is 4.54. The molecule has 2 aliphatic rings. The third-order valence-corrected chi connectivity index (χ3v) is 7.33. The molecule has 6 rings (SSSR count). The van der Waals surface area contributed by atoms with Crippen molar-refractivity contribution in [3.8, 4) is 5.75 Å². The Kier molecular flexibility index (Phi) is 5.10. The zero-order chi connectivity index (χ0) is 23.2. The van der Waals surface area contributed by atoms with Crippen LogP contribution in [0.4, 0.5) is 4.39 Å². The summed E-state index contributed by atoms with van der Waals surface area (Å²) in [7, 11) is 0. The molecule has 0 saturated heterocycles. The van der Waals surface area contributed by atoms with Crippen LogP contribution in [0.15, 0.2) is 84.9 Å². The molecular weight excluding hydrogens is 419 g/mol. The number of rotatable bonds is 3. The van der Waals surface area contributed by atoms with E-state index in [2.05, 4.69) is 80.6 Å². The van der Waals surface area contributed by atoms with Gasteiger partial charge in [-0.05, 0) is 87.0 Å². The average molecular weight is 447 g/mol. The Bertz CT molecular complexity index is 1630. The van der Waals surface area contributed by atoms with E-state index >= 15 is 0 Å².